The summed E-state index contributed by atoms with van der Waals surface area (Å²) in [6, 6.07) is -0.0237. The molecule has 0 radical (unpaired) electrons. The molecule has 0 saturated carbocycles. The Balaban J connectivity index is 2.48. The van der Waals surface area contributed by atoms with Gasteiger partial charge in [-0.1, -0.05) is 6.92 Å². The highest BCUT2D eigenvalue weighted by molar-refractivity contribution is 7.99. The number of likely N-dealkylation sites (tertiary alicyclic amines) is 1. The first-order valence-corrected chi connectivity index (χ1v) is 8.77. The van der Waals surface area contributed by atoms with Gasteiger partial charge < -0.3 is 15.3 Å². The zero-order valence-electron chi connectivity index (χ0n) is 13.5. The van der Waals surface area contributed by atoms with Crippen molar-refractivity contribution in [2.45, 2.75) is 44.8 Å². The van der Waals surface area contributed by atoms with Crippen LogP contribution in [0.25, 0.3) is 0 Å². The Morgan fingerprint density at radius 1 is 1.48 bits per heavy atom. The van der Waals surface area contributed by atoms with Crippen molar-refractivity contribution in [1.82, 2.24) is 10.2 Å². The minimum Gasteiger partial charge on any atom is -0.481 e. The van der Waals surface area contributed by atoms with E-state index < -0.39 is 5.97 Å². The highest BCUT2D eigenvalue weighted by atomic mass is 32.2. The van der Waals surface area contributed by atoms with Crippen molar-refractivity contribution < 1.29 is 14.7 Å². The highest BCUT2D eigenvalue weighted by Gasteiger charge is 2.29. The fourth-order valence-electron chi connectivity index (χ4n) is 2.57. The molecule has 0 aliphatic carbocycles. The van der Waals surface area contributed by atoms with Crippen LogP contribution in [-0.2, 0) is 4.79 Å². The minimum absolute atomic E-state index is 0.0237. The van der Waals surface area contributed by atoms with E-state index in [9.17, 15) is 9.59 Å². The quantitative estimate of drug-likeness (QED) is 0.790. The Labute approximate surface area is 131 Å². The molecule has 1 aliphatic heterocycles. The van der Waals surface area contributed by atoms with Crippen LogP contribution >= 0.6 is 11.8 Å². The number of amides is 2. The molecule has 2 atom stereocenters. The first kappa shape index (κ1) is 18.1. The van der Waals surface area contributed by atoms with E-state index in [0.717, 1.165) is 19.4 Å². The molecule has 1 rings (SSSR count). The molecule has 1 aliphatic rings. The molecule has 0 aromatic carbocycles. The maximum absolute atomic E-state index is 12.2. The number of carboxylic acid groups (broad SMARTS) is 1. The number of aliphatic carboxylic acids is 1. The largest absolute Gasteiger partial charge is 0.481 e. The van der Waals surface area contributed by atoms with Gasteiger partial charge in [-0.3, -0.25) is 4.79 Å². The van der Waals surface area contributed by atoms with Crippen molar-refractivity contribution in [3.05, 3.63) is 0 Å². The molecule has 2 unspecified atom stereocenters. The van der Waals surface area contributed by atoms with Gasteiger partial charge in [0.1, 0.15) is 0 Å². The van der Waals surface area contributed by atoms with Crippen LogP contribution in [0.5, 0.6) is 0 Å². The summed E-state index contributed by atoms with van der Waals surface area (Å²) in [5.41, 5.74) is 0. The van der Waals surface area contributed by atoms with Gasteiger partial charge in [0, 0.05) is 30.8 Å². The Kier molecular flexibility index (Phi) is 6.84. The summed E-state index contributed by atoms with van der Waals surface area (Å²) in [6.07, 6.45) is 4.18. The molecule has 1 fully saturated rings. The van der Waals surface area contributed by atoms with Crippen LogP contribution in [-0.4, -0.2) is 52.6 Å². The van der Waals surface area contributed by atoms with E-state index in [1.54, 1.807) is 11.8 Å². The van der Waals surface area contributed by atoms with Gasteiger partial charge in [0.15, 0.2) is 0 Å². The van der Waals surface area contributed by atoms with Crippen molar-refractivity contribution in [2.75, 3.05) is 25.9 Å². The normalized spacial score (nSPS) is 21.0. The minimum atomic E-state index is -0.759. The zero-order chi connectivity index (χ0) is 16.0. The monoisotopic (exact) mass is 316 g/mol. The third-order valence-corrected chi connectivity index (χ3v) is 5.51. The second-order valence-corrected chi connectivity index (χ2v) is 8.06. The van der Waals surface area contributed by atoms with E-state index in [0.29, 0.717) is 13.1 Å². The third-order valence-electron chi connectivity index (χ3n) is 4.26. The molecule has 6 heteroatoms. The van der Waals surface area contributed by atoms with Gasteiger partial charge in [-0.25, -0.2) is 4.79 Å². The van der Waals surface area contributed by atoms with Crippen molar-refractivity contribution in [3.63, 3.8) is 0 Å². The van der Waals surface area contributed by atoms with Crippen LogP contribution in [0.4, 0.5) is 4.79 Å². The van der Waals surface area contributed by atoms with Gasteiger partial charge in [-0.2, -0.15) is 11.8 Å². The summed E-state index contributed by atoms with van der Waals surface area (Å²) in [5.74, 6) is -0.360. The Hall–Kier alpha value is -0.910. The average Bonchev–Trinajstić information content (AvgIpc) is 2.44. The predicted molar refractivity (Wildman–Crippen MR) is 86.7 cm³/mol. The van der Waals surface area contributed by atoms with Crippen molar-refractivity contribution in [2.24, 2.45) is 11.8 Å². The lowest BCUT2D eigenvalue weighted by molar-refractivity contribution is -0.138. The van der Waals surface area contributed by atoms with Gasteiger partial charge in [-0.15, -0.1) is 0 Å². The average molecular weight is 316 g/mol. The number of hydrogen-bond donors (Lipinski definition) is 2. The maximum Gasteiger partial charge on any atom is 0.317 e. The van der Waals surface area contributed by atoms with E-state index in [-0.39, 0.29) is 29.0 Å². The van der Waals surface area contributed by atoms with E-state index in [2.05, 4.69) is 19.2 Å². The smallest absolute Gasteiger partial charge is 0.317 e. The first-order chi connectivity index (χ1) is 9.75. The molecule has 1 heterocycles. The number of carboxylic acids is 1. The standard InChI is InChI=1S/C15H28N2O3S/c1-11(8-13(18)19)12-6-5-7-17(9-12)14(20)16-10-15(2,3)21-4/h11-12H,5-10H2,1-4H3,(H,16,20)(H,18,19). The summed E-state index contributed by atoms with van der Waals surface area (Å²) >= 11 is 1.73. The molecule has 0 aromatic rings. The molecule has 2 N–H and O–H groups in total. The highest BCUT2D eigenvalue weighted by Crippen LogP contribution is 2.26. The van der Waals surface area contributed by atoms with Crippen LogP contribution in [0.15, 0.2) is 0 Å². The SMILES string of the molecule is CSC(C)(C)CNC(=O)N1CCCC(C(C)CC(=O)O)C1. The lowest BCUT2D eigenvalue weighted by Crippen LogP contribution is -2.49. The Morgan fingerprint density at radius 2 is 2.14 bits per heavy atom. The topological polar surface area (TPSA) is 69.6 Å². The van der Waals surface area contributed by atoms with Crippen molar-refractivity contribution >= 4 is 23.8 Å². The number of carbonyl (C=O) groups excluding carboxylic acids is 1. The summed E-state index contributed by atoms with van der Waals surface area (Å²) in [5, 5.41) is 11.9. The second-order valence-electron chi connectivity index (χ2n) is 6.55. The van der Waals surface area contributed by atoms with E-state index >= 15 is 0 Å². The van der Waals surface area contributed by atoms with Crippen molar-refractivity contribution in [3.8, 4) is 0 Å². The maximum atomic E-state index is 12.2. The Bertz CT molecular complexity index is 374. The van der Waals surface area contributed by atoms with E-state index in [1.807, 2.05) is 18.1 Å². The molecule has 21 heavy (non-hydrogen) atoms. The molecule has 1 saturated heterocycles. The number of nitrogens with zero attached hydrogens (tertiary/aromatic N) is 1. The lowest BCUT2D eigenvalue weighted by Gasteiger charge is -2.36. The predicted octanol–water partition coefficient (Wildman–Crippen LogP) is 2.66. The molecular weight excluding hydrogens is 288 g/mol. The van der Waals surface area contributed by atoms with Crippen LogP contribution in [0.2, 0.25) is 0 Å². The second kappa shape index (κ2) is 7.92. The number of urea groups is 1. The number of hydrogen-bond acceptors (Lipinski definition) is 3. The summed E-state index contributed by atoms with van der Waals surface area (Å²) in [4.78, 5) is 24.9. The molecule has 5 nitrogen and oxygen atoms in total. The first-order valence-electron chi connectivity index (χ1n) is 7.55. The van der Waals surface area contributed by atoms with Gasteiger partial charge in [0.25, 0.3) is 0 Å². The van der Waals surface area contributed by atoms with Gasteiger partial charge >= 0.3 is 12.0 Å². The van der Waals surface area contributed by atoms with E-state index in [1.165, 1.54) is 0 Å². The number of thioether (sulfide) groups is 1. The van der Waals surface area contributed by atoms with Crippen LogP contribution in [0, 0.1) is 11.8 Å². The van der Waals surface area contributed by atoms with Crippen molar-refractivity contribution in [1.29, 1.82) is 0 Å². The molecule has 0 aromatic heterocycles. The third kappa shape index (κ3) is 6.16. The summed E-state index contributed by atoms with van der Waals surface area (Å²) < 4.78 is 0.0292. The van der Waals surface area contributed by atoms with E-state index in [4.69, 9.17) is 5.11 Å². The fourth-order valence-corrected chi connectivity index (χ4v) is 2.79. The Morgan fingerprint density at radius 3 is 2.71 bits per heavy atom. The van der Waals surface area contributed by atoms with Gasteiger partial charge in [0.2, 0.25) is 0 Å². The number of carbonyl (C=O) groups is 2. The molecule has 0 spiro atoms. The number of rotatable bonds is 6. The zero-order valence-corrected chi connectivity index (χ0v) is 14.3. The van der Waals surface area contributed by atoms with Crippen LogP contribution in [0.3, 0.4) is 0 Å². The molecule has 0 bridgehead atoms. The van der Waals surface area contributed by atoms with Gasteiger partial charge in [-0.05, 0) is 44.8 Å². The fraction of sp³-hybridized carbons (Fsp3) is 0.867. The van der Waals surface area contributed by atoms with Crippen LogP contribution < -0.4 is 5.32 Å². The summed E-state index contributed by atoms with van der Waals surface area (Å²) in [6.45, 7) is 8.25. The summed E-state index contributed by atoms with van der Waals surface area (Å²) in [7, 11) is 0. The molecular formula is C15H28N2O3S. The van der Waals surface area contributed by atoms with Crippen LogP contribution in [0.1, 0.15) is 40.0 Å². The molecule has 2 amide bonds. The number of piperidine rings is 1. The van der Waals surface area contributed by atoms with Gasteiger partial charge in [0.05, 0.1) is 0 Å². The number of nitrogens with one attached hydrogen (secondary N) is 1. The lowest BCUT2D eigenvalue weighted by atomic mass is 9.85. The molecule has 122 valence electrons.